The lowest BCUT2D eigenvalue weighted by molar-refractivity contribution is -0.197. The number of rotatable bonds is 11. The third-order valence-corrected chi connectivity index (χ3v) is 6.08. The third kappa shape index (κ3) is 7.30. The average Bonchev–Trinajstić information content (AvgIpc) is 3.40. The van der Waals surface area contributed by atoms with E-state index in [2.05, 4.69) is 19.7 Å². The number of ether oxygens (including phenoxy) is 2. The van der Waals surface area contributed by atoms with Crippen molar-refractivity contribution in [1.29, 1.82) is 5.26 Å². The van der Waals surface area contributed by atoms with Crippen LogP contribution in [0.1, 0.15) is 57.9 Å². The zero-order chi connectivity index (χ0) is 30.0. The van der Waals surface area contributed by atoms with E-state index in [9.17, 15) is 19.6 Å². The Kier molecular flexibility index (Phi) is 9.86. The van der Waals surface area contributed by atoms with Gasteiger partial charge >= 0.3 is 5.97 Å². The molecule has 208 valence electrons. The van der Waals surface area contributed by atoms with Gasteiger partial charge in [0, 0.05) is 29.7 Å². The highest BCUT2D eigenvalue weighted by molar-refractivity contribution is 6.01. The molecule has 0 aromatic heterocycles. The Bertz CT molecular complexity index is 1500. The van der Waals surface area contributed by atoms with E-state index in [1.807, 2.05) is 0 Å². The number of hydrogen-bond donors (Lipinski definition) is 0. The number of hydrogen-bond acceptors (Lipinski definition) is 8. The second-order valence-electron chi connectivity index (χ2n) is 9.34. The van der Waals surface area contributed by atoms with Crippen molar-refractivity contribution in [2.75, 3.05) is 6.61 Å². The van der Waals surface area contributed by atoms with Crippen LogP contribution < -0.4 is 4.74 Å². The van der Waals surface area contributed by atoms with Gasteiger partial charge in [-0.2, -0.15) is 0 Å². The number of amides is 2. The molecule has 2 aliphatic rings. The molecule has 1 aromatic carbocycles. The van der Waals surface area contributed by atoms with Crippen molar-refractivity contribution >= 4 is 29.5 Å². The monoisotopic (exact) mass is 555 g/mol. The standard InChI is InChI=1S/C28H25N7O6/c1-28(2)19(26(32-4)27(40-28)21(17-29)31-3)11-9-18-10-12-20(33-34-30)22(16-18)39-15-7-5-6-8-25(38)41-35-23(36)13-14-24(35)37/h9-12,16H,5-8,13-15H2,1-2H3/b11-9+,27-21+. The molecule has 1 aromatic rings. The molecule has 0 N–H and O–H groups in total. The van der Waals surface area contributed by atoms with Crippen LogP contribution in [0.25, 0.3) is 26.2 Å². The van der Waals surface area contributed by atoms with Gasteiger partial charge in [0.2, 0.25) is 5.70 Å². The highest BCUT2D eigenvalue weighted by Gasteiger charge is 2.38. The zero-order valence-electron chi connectivity index (χ0n) is 22.4. The van der Waals surface area contributed by atoms with Crippen molar-refractivity contribution in [3.63, 3.8) is 0 Å². The highest BCUT2D eigenvalue weighted by Crippen LogP contribution is 2.41. The van der Waals surface area contributed by atoms with Crippen molar-refractivity contribution in [2.24, 2.45) is 5.11 Å². The second-order valence-corrected chi connectivity index (χ2v) is 9.34. The van der Waals surface area contributed by atoms with E-state index in [0.717, 1.165) is 0 Å². The first-order chi connectivity index (χ1) is 19.6. The first kappa shape index (κ1) is 30.0. The van der Waals surface area contributed by atoms with Crippen LogP contribution >= 0.6 is 0 Å². The summed E-state index contributed by atoms with van der Waals surface area (Å²) < 4.78 is 11.6. The van der Waals surface area contributed by atoms with E-state index < -0.39 is 23.4 Å². The number of azide groups is 1. The molecule has 0 saturated carbocycles. The van der Waals surface area contributed by atoms with Crippen LogP contribution in [-0.4, -0.2) is 35.1 Å². The van der Waals surface area contributed by atoms with Crippen LogP contribution in [0.4, 0.5) is 5.69 Å². The number of nitrogens with zero attached hydrogens (tertiary/aromatic N) is 7. The van der Waals surface area contributed by atoms with E-state index in [-0.39, 0.29) is 48.7 Å². The molecule has 0 atom stereocenters. The normalized spacial score (nSPS) is 16.9. The Morgan fingerprint density at radius 2 is 1.95 bits per heavy atom. The molecule has 3 rings (SSSR count). The minimum Gasteiger partial charge on any atom is -0.505 e. The molecule has 1 saturated heterocycles. The molecule has 41 heavy (non-hydrogen) atoms. The minimum atomic E-state index is -0.950. The molecule has 0 radical (unpaired) electrons. The number of allylic oxidation sites excluding steroid dienone is 1. The number of hydroxylamine groups is 2. The van der Waals surface area contributed by atoms with Gasteiger partial charge in [-0.05, 0) is 56.3 Å². The number of benzene rings is 1. The summed E-state index contributed by atoms with van der Waals surface area (Å²) in [5.74, 6) is -1.42. The van der Waals surface area contributed by atoms with Crippen LogP contribution in [-0.2, 0) is 24.0 Å². The van der Waals surface area contributed by atoms with Crippen molar-refractivity contribution in [2.45, 2.75) is 58.0 Å². The van der Waals surface area contributed by atoms with Crippen molar-refractivity contribution in [1.82, 2.24) is 5.06 Å². The van der Waals surface area contributed by atoms with E-state index >= 15 is 0 Å². The average molecular weight is 556 g/mol. The van der Waals surface area contributed by atoms with Gasteiger partial charge in [-0.3, -0.25) is 9.59 Å². The van der Waals surface area contributed by atoms with Gasteiger partial charge in [0.05, 0.1) is 31.5 Å². The van der Waals surface area contributed by atoms with Gasteiger partial charge in [0.1, 0.15) is 17.1 Å². The molecule has 1 fully saturated rings. The summed E-state index contributed by atoms with van der Waals surface area (Å²) in [5.41, 5.74) is 9.20. The summed E-state index contributed by atoms with van der Waals surface area (Å²) in [6.07, 6.45) is 5.12. The van der Waals surface area contributed by atoms with Crippen LogP contribution in [0.5, 0.6) is 5.75 Å². The predicted octanol–water partition coefficient (Wildman–Crippen LogP) is 5.82. The van der Waals surface area contributed by atoms with Gasteiger partial charge in [0.15, 0.2) is 0 Å². The third-order valence-electron chi connectivity index (χ3n) is 6.08. The topological polar surface area (TPSA) is 163 Å². The van der Waals surface area contributed by atoms with Gasteiger partial charge in [-0.15, -0.1) is 5.06 Å². The molecule has 13 heteroatoms. The SMILES string of the molecule is [C-]#[N+]C1=C(/C=C/c2ccc(N=[N+]=[N-])c(OCCCCCC(=O)ON3C(=O)CCC3=O)c2)C(C)(C)O/C1=C(\C#N)[N+]#[C-]. The molecule has 0 spiro atoms. The number of imide groups is 1. The Balaban J connectivity index is 1.63. The lowest BCUT2D eigenvalue weighted by Gasteiger charge is -2.22. The van der Waals surface area contributed by atoms with Crippen LogP contribution in [0, 0.1) is 24.5 Å². The van der Waals surface area contributed by atoms with Gasteiger partial charge in [-0.25, -0.2) is 19.7 Å². The van der Waals surface area contributed by atoms with Crippen LogP contribution in [0.15, 0.2) is 52.1 Å². The fourth-order valence-electron chi connectivity index (χ4n) is 4.04. The molecule has 13 nitrogen and oxygen atoms in total. The Morgan fingerprint density at radius 1 is 1.22 bits per heavy atom. The molecule has 0 bridgehead atoms. The van der Waals surface area contributed by atoms with Crippen molar-refractivity contribution in [3.05, 3.63) is 85.8 Å². The Labute approximate surface area is 236 Å². The lowest BCUT2D eigenvalue weighted by atomic mass is 9.96. The number of nitriles is 1. The van der Waals surface area contributed by atoms with Crippen LogP contribution in [0.2, 0.25) is 0 Å². The molecule has 2 heterocycles. The lowest BCUT2D eigenvalue weighted by Crippen LogP contribution is -2.31. The summed E-state index contributed by atoms with van der Waals surface area (Å²) >= 11 is 0. The van der Waals surface area contributed by atoms with Gasteiger partial charge in [0.25, 0.3) is 17.5 Å². The fourth-order valence-corrected chi connectivity index (χ4v) is 4.04. The fraction of sp³-hybridized carbons (Fsp3) is 0.357. The van der Waals surface area contributed by atoms with Crippen molar-refractivity contribution in [3.8, 4) is 11.8 Å². The maximum absolute atomic E-state index is 11.9. The summed E-state index contributed by atoms with van der Waals surface area (Å²) in [5, 5.41) is 13.4. The summed E-state index contributed by atoms with van der Waals surface area (Å²) in [6.45, 7) is 18.5. The highest BCUT2D eigenvalue weighted by atomic mass is 16.7. The van der Waals surface area contributed by atoms with Gasteiger partial charge < -0.3 is 14.3 Å². The second kappa shape index (κ2) is 13.5. The predicted molar refractivity (Wildman–Crippen MR) is 143 cm³/mol. The van der Waals surface area contributed by atoms with E-state index in [4.69, 9.17) is 33.0 Å². The van der Waals surface area contributed by atoms with E-state index in [1.54, 1.807) is 50.3 Å². The minimum absolute atomic E-state index is 0.0342. The number of unbranched alkanes of at least 4 members (excludes halogenated alkanes) is 2. The zero-order valence-corrected chi connectivity index (χ0v) is 22.4. The molecule has 0 unspecified atom stereocenters. The van der Waals surface area contributed by atoms with Crippen LogP contribution in [0.3, 0.4) is 0 Å². The maximum atomic E-state index is 11.9. The summed E-state index contributed by atoms with van der Waals surface area (Å²) in [4.78, 5) is 49.3. The van der Waals surface area contributed by atoms with E-state index in [0.29, 0.717) is 41.2 Å². The molecule has 2 amide bonds. The Hall–Kier alpha value is -5.57. The Morgan fingerprint density at radius 3 is 2.59 bits per heavy atom. The molecule has 0 aliphatic carbocycles. The maximum Gasteiger partial charge on any atom is 0.333 e. The first-order valence-corrected chi connectivity index (χ1v) is 12.5. The summed E-state index contributed by atoms with van der Waals surface area (Å²) in [6, 6.07) is 6.72. The number of carbonyl (C=O) groups excluding carboxylic acids is 3. The molecular weight excluding hydrogens is 530 g/mol. The van der Waals surface area contributed by atoms with Crippen molar-refractivity contribution < 1.29 is 28.7 Å². The van der Waals surface area contributed by atoms with E-state index in [1.165, 1.54) is 0 Å². The number of carbonyl (C=O) groups is 3. The smallest absolute Gasteiger partial charge is 0.333 e. The molecule has 2 aliphatic heterocycles. The molecular formula is C28H25N7O6. The summed E-state index contributed by atoms with van der Waals surface area (Å²) in [7, 11) is 0. The quantitative estimate of drug-likeness (QED) is 0.0631. The first-order valence-electron chi connectivity index (χ1n) is 12.5. The largest absolute Gasteiger partial charge is 0.505 e. The van der Waals surface area contributed by atoms with Gasteiger partial charge in [-0.1, -0.05) is 23.3 Å².